The molecule has 21 heavy (non-hydrogen) atoms. The first kappa shape index (κ1) is 14.2. The Morgan fingerprint density at radius 2 is 1.90 bits per heavy atom. The summed E-state index contributed by atoms with van der Waals surface area (Å²) in [6, 6.07) is 12.4. The van der Waals surface area contributed by atoms with E-state index in [1.165, 1.54) is 5.39 Å². The number of nitrogens with one attached hydrogen (secondary N) is 1. The fourth-order valence-corrected chi connectivity index (χ4v) is 2.62. The summed E-state index contributed by atoms with van der Waals surface area (Å²) in [7, 11) is 1.94. The molecule has 0 aliphatic heterocycles. The van der Waals surface area contributed by atoms with Crippen molar-refractivity contribution in [1.82, 2.24) is 15.5 Å². The smallest absolute Gasteiger partial charge is 0.247 e. The third-order valence-electron chi connectivity index (χ3n) is 3.33. The summed E-state index contributed by atoms with van der Waals surface area (Å²) >= 11 is 3.48. The fraction of sp³-hybridized carbons (Fsp3) is 0.250. The van der Waals surface area contributed by atoms with E-state index in [1.807, 2.05) is 19.2 Å². The predicted octanol–water partition coefficient (Wildman–Crippen LogP) is 3.80. The van der Waals surface area contributed by atoms with Crippen molar-refractivity contribution in [2.24, 2.45) is 0 Å². The Hall–Kier alpha value is -1.72. The van der Waals surface area contributed by atoms with Crippen molar-refractivity contribution in [2.45, 2.75) is 12.8 Å². The molecule has 0 aliphatic rings. The summed E-state index contributed by atoms with van der Waals surface area (Å²) in [6.45, 7) is 0.947. The van der Waals surface area contributed by atoms with Gasteiger partial charge in [-0.1, -0.05) is 28.1 Å². The van der Waals surface area contributed by atoms with E-state index in [0.29, 0.717) is 11.8 Å². The number of halogens is 1. The molecule has 0 amide bonds. The van der Waals surface area contributed by atoms with Crippen LogP contribution in [0.25, 0.3) is 22.2 Å². The van der Waals surface area contributed by atoms with E-state index in [-0.39, 0.29) is 0 Å². The number of fused-ring (bicyclic) bond motifs is 1. The van der Waals surface area contributed by atoms with Crippen molar-refractivity contribution >= 4 is 26.7 Å². The van der Waals surface area contributed by atoms with Crippen LogP contribution < -0.4 is 5.32 Å². The zero-order chi connectivity index (χ0) is 14.7. The van der Waals surface area contributed by atoms with Gasteiger partial charge in [0.1, 0.15) is 0 Å². The van der Waals surface area contributed by atoms with Crippen molar-refractivity contribution in [3.05, 3.63) is 46.8 Å². The van der Waals surface area contributed by atoms with E-state index in [9.17, 15) is 0 Å². The van der Waals surface area contributed by atoms with E-state index >= 15 is 0 Å². The van der Waals surface area contributed by atoms with Crippen molar-refractivity contribution in [3.8, 4) is 11.5 Å². The molecule has 0 aliphatic carbocycles. The normalized spacial score (nSPS) is 11.1. The molecule has 2 aromatic carbocycles. The van der Waals surface area contributed by atoms with Gasteiger partial charge in [-0.3, -0.25) is 0 Å². The van der Waals surface area contributed by atoms with E-state index in [0.717, 1.165) is 34.8 Å². The highest BCUT2D eigenvalue weighted by Gasteiger charge is 2.09. The van der Waals surface area contributed by atoms with Crippen LogP contribution in [0.2, 0.25) is 0 Å². The fourth-order valence-electron chi connectivity index (χ4n) is 2.24. The first-order valence-corrected chi connectivity index (χ1v) is 7.72. The van der Waals surface area contributed by atoms with Gasteiger partial charge in [0, 0.05) is 16.5 Å². The van der Waals surface area contributed by atoms with Crippen LogP contribution in [0.1, 0.15) is 12.3 Å². The third-order valence-corrected chi connectivity index (χ3v) is 3.83. The number of hydrogen-bond acceptors (Lipinski definition) is 4. The van der Waals surface area contributed by atoms with Crippen LogP contribution in [0.15, 0.2) is 45.3 Å². The van der Waals surface area contributed by atoms with Gasteiger partial charge in [0.05, 0.1) is 0 Å². The second kappa shape index (κ2) is 6.37. The minimum atomic E-state index is 0.583. The van der Waals surface area contributed by atoms with Gasteiger partial charge in [-0.15, -0.1) is 10.2 Å². The van der Waals surface area contributed by atoms with Crippen LogP contribution in [0, 0.1) is 0 Å². The molecule has 3 rings (SSSR count). The van der Waals surface area contributed by atoms with Crippen LogP contribution in [0.5, 0.6) is 0 Å². The van der Waals surface area contributed by atoms with Gasteiger partial charge in [-0.25, -0.2) is 0 Å². The molecular formula is C16H16BrN3O. The Bertz CT molecular complexity index is 754. The van der Waals surface area contributed by atoms with Crippen LogP contribution in [-0.4, -0.2) is 23.8 Å². The molecule has 4 nitrogen and oxygen atoms in total. The lowest BCUT2D eigenvalue weighted by molar-refractivity contribution is 0.495. The molecule has 3 aromatic rings. The molecule has 0 fully saturated rings. The predicted molar refractivity (Wildman–Crippen MR) is 87.2 cm³/mol. The van der Waals surface area contributed by atoms with E-state index in [1.54, 1.807) is 0 Å². The Labute approximate surface area is 131 Å². The molecule has 0 bridgehead atoms. The minimum Gasteiger partial charge on any atom is -0.421 e. The quantitative estimate of drug-likeness (QED) is 0.714. The Balaban J connectivity index is 1.84. The van der Waals surface area contributed by atoms with Gasteiger partial charge in [-0.05, 0) is 55.1 Å². The summed E-state index contributed by atoms with van der Waals surface area (Å²) in [6.07, 6.45) is 1.79. The van der Waals surface area contributed by atoms with Gasteiger partial charge >= 0.3 is 0 Å². The summed E-state index contributed by atoms with van der Waals surface area (Å²) in [4.78, 5) is 0. The molecule has 0 saturated carbocycles. The molecule has 108 valence electrons. The lowest BCUT2D eigenvalue weighted by Crippen LogP contribution is -2.08. The van der Waals surface area contributed by atoms with Crippen LogP contribution >= 0.6 is 15.9 Å². The van der Waals surface area contributed by atoms with Crippen molar-refractivity contribution < 1.29 is 4.42 Å². The monoisotopic (exact) mass is 345 g/mol. The molecule has 5 heteroatoms. The standard InChI is InChI=1S/C16H16BrN3O/c1-18-8-2-3-15-19-20-16(21-15)13-5-4-12-10-14(17)7-6-11(12)9-13/h4-7,9-10,18H,2-3,8H2,1H3. The van der Waals surface area contributed by atoms with E-state index < -0.39 is 0 Å². The largest absolute Gasteiger partial charge is 0.421 e. The average molecular weight is 346 g/mol. The second-order valence-corrected chi connectivity index (χ2v) is 5.83. The number of aromatic nitrogens is 2. The van der Waals surface area contributed by atoms with Crippen LogP contribution in [0.3, 0.4) is 0 Å². The minimum absolute atomic E-state index is 0.583. The topological polar surface area (TPSA) is 51.0 Å². The molecular weight excluding hydrogens is 330 g/mol. The summed E-state index contributed by atoms with van der Waals surface area (Å²) in [5.41, 5.74) is 0.956. The summed E-state index contributed by atoms with van der Waals surface area (Å²) in [5, 5.41) is 13.7. The number of nitrogens with zero attached hydrogens (tertiary/aromatic N) is 2. The third kappa shape index (κ3) is 3.31. The number of benzene rings is 2. The molecule has 1 N–H and O–H groups in total. The van der Waals surface area contributed by atoms with E-state index in [2.05, 4.69) is 55.7 Å². The Morgan fingerprint density at radius 1 is 1.10 bits per heavy atom. The maximum absolute atomic E-state index is 5.73. The number of aryl methyl sites for hydroxylation is 1. The van der Waals surface area contributed by atoms with Gasteiger partial charge < -0.3 is 9.73 Å². The lowest BCUT2D eigenvalue weighted by atomic mass is 10.1. The number of rotatable bonds is 5. The maximum Gasteiger partial charge on any atom is 0.247 e. The van der Waals surface area contributed by atoms with E-state index in [4.69, 9.17) is 4.42 Å². The lowest BCUT2D eigenvalue weighted by Gasteiger charge is -2.01. The van der Waals surface area contributed by atoms with Gasteiger partial charge in [0.2, 0.25) is 11.8 Å². The molecule has 0 atom stereocenters. The molecule has 0 unspecified atom stereocenters. The SMILES string of the molecule is CNCCCc1nnc(-c2ccc3cc(Br)ccc3c2)o1. The van der Waals surface area contributed by atoms with Gasteiger partial charge in [-0.2, -0.15) is 0 Å². The van der Waals surface area contributed by atoms with Crippen LogP contribution in [-0.2, 0) is 6.42 Å². The van der Waals surface area contributed by atoms with Crippen molar-refractivity contribution in [3.63, 3.8) is 0 Å². The second-order valence-electron chi connectivity index (χ2n) is 4.91. The Morgan fingerprint density at radius 3 is 2.76 bits per heavy atom. The highest BCUT2D eigenvalue weighted by molar-refractivity contribution is 9.10. The average Bonchev–Trinajstić information content (AvgIpc) is 2.96. The zero-order valence-electron chi connectivity index (χ0n) is 11.8. The molecule has 0 saturated heterocycles. The first-order chi connectivity index (χ1) is 10.3. The summed E-state index contributed by atoms with van der Waals surface area (Å²) in [5.74, 6) is 1.27. The molecule has 1 aromatic heterocycles. The first-order valence-electron chi connectivity index (χ1n) is 6.93. The van der Waals surface area contributed by atoms with Gasteiger partial charge in [0.15, 0.2) is 0 Å². The maximum atomic E-state index is 5.73. The molecule has 0 spiro atoms. The zero-order valence-corrected chi connectivity index (χ0v) is 13.4. The summed E-state index contributed by atoms with van der Waals surface area (Å²) < 4.78 is 6.81. The Kier molecular flexibility index (Phi) is 4.31. The highest BCUT2D eigenvalue weighted by Crippen LogP contribution is 2.25. The number of hydrogen-bond donors (Lipinski definition) is 1. The van der Waals surface area contributed by atoms with Crippen molar-refractivity contribution in [2.75, 3.05) is 13.6 Å². The highest BCUT2D eigenvalue weighted by atomic mass is 79.9. The molecule has 0 radical (unpaired) electrons. The van der Waals surface area contributed by atoms with Gasteiger partial charge in [0.25, 0.3) is 0 Å². The molecule has 1 heterocycles. The van der Waals surface area contributed by atoms with Crippen molar-refractivity contribution in [1.29, 1.82) is 0 Å². The van der Waals surface area contributed by atoms with Crippen LogP contribution in [0.4, 0.5) is 0 Å².